The van der Waals surface area contributed by atoms with E-state index in [2.05, 4.69) is 5.32 Å². The lowest BCUT2D eigenvalue weighted by atomic mass is 10.2. The maximum absolute atomic E-state index is 10.2. The normalized spacial score (nSPS) is 8.96. The number of benzene rings is 2. The van der Waals surface area contributed by atoms with Gasteiger partial charge < -0.3 is 20.9 Å². The second kappa shape index (κ2) is 13.1. The van der Waals surface area contributed by atoms with Gasteiger partial charge in [-0.3, -0.25) is 5.41 Å². The molecule has 6 nitrogen and oxygen atoms in total. The highest BCUT2D eigenvalue weighted by molar-refractivity contribution is 6.35. The standard InChI is InChI=1S/C8H6Cl2O3.C7H8N2.C2H7N/c9-5-1-2-7(6(10)3-5)13-4-8(11)12;8-7(9)6-4-2-1-3-5-6;1-3-2/h1-3H,4H2,(H,11,12);1-5H,(H3,8,9);3H,1-2H3. The van der Waals surface area contributed by atoms with E-state index in [-0.39, 0.29) is 5.84 Å². The first kappa shape index (κ1) is 22.7. The fraction of sp³-hybridized carbons (Fsp3) is 0.176. The van der Waals surface area contributed by atoms with Crippen LogP contribution in [0.15, 0.2) is 48.5 Å². The molecule has 0 heterocycles. The zero-order chi connectivity index (χ0) is 19.2. The third-order valence-corrected chi connectivity index (χ3v) is 2.86. The number of rotatable bonds is 4. The molecule has 0 spiro atoms. The molecule has 0 aliphatic rings. The van der Waals surface area contributed by atoms with E-state index in [4.69, 9.17) is 44.2 Å². The predicted molar refractivity (Wildman–Crippen MR) is 102 cm³/mol. The van der Waals surface area contributed by atoms with Crippen LogP contribution in [0, 0.1) is 5.41 Å². The first-order valence-electron chi connectivity index (χ1n) is 7.09. The second-order valence-corrected chi connectivity index (χ2v) is 5.38. The maximum atomic E-state index is 10.2. The molecule has 136 valence electrons. The van der Waals surface area contributed by atoms with Gasteiger partial charge in [-0.25, -0.2) is 4.79 Å². The van der Waals surface area contributed by atoms with Crippen LogP contribution in [0.4, 0.5) is 0 Å². The summed E-state index contributed by atoms with van der Waals surface area (Å²) >= 11 is 11.3. The van der Waals surface area contributed by atoms with Crippen LogP contribution in [0.1, 0.15) is 5.56 Å². The largest absolute Gasteiger partial charge is 0.480 e. The molecule has 2 rings (SSSR count). The zero-order valence-corrected chi connectivity index (χ0v) is 15.4. The van der Waals surface area contributed by atoms with Crippen LogP contribution in [-0.4, -0.2) is 37.6 Å². The Kier molecular flexibility index (Phi) is 11.9. The molecule has 0 radical (unpaired) electrons. The van der Waals surface area contributed by atoms with E-state index in [0.717, 1.165) is 5.56 Å². The van der Waals surface area contributed by atoms with Crippen molar-refractivity contribution >= 4 is 35.0 Å². The summed E-state index contributed by atoms with van der Waals surface area (Å²) in [5.41, 5.74) is 5.97. The molecule has 2 aromatic carbocycles. The van der Waals surface area contributed by atoms with E-state index in [1.165, 1.54) is 12.1 Å². The topological polar surface area (TPSA) is 108 Å². The molecule has 25 heavy (non-hydrogen) atoms. The van der Waals surface area contributed by atoms with Gasteiger partial charge in [0.15, 0.2) is 6.61 Å². The summed E-state index contributed by atoms with van der Waals surface area (Å²) in [6, 6.07) is 13.8. The van der Waals surface area contributed by atoms with Crippen molar-refractivity contribution in [3.8, 4) is 5.75 Å². The molecule has 0 aliphatic carbocycles. The van der Waals surface area contributed by atoms with Gasteiger partial charge >= 0.3 is 5.97 Å². The molecule has 0 bridgehead atoms. The number of amidine groups is 1. The molecule has 0 saturated carbocycles. The fourth-order valence-corrected chi connectivity index (χ4v) is 1.81. The first-order valence-corrected chi connectivity index (χ1v) is 7.85. The van der Waals surface area contributed by atoms with Crippen molar-refractivity contribution in [2.24, 2.45) is 5.73 Å². The molecule has 0 atom stereocenters. The summed E-state index contributed by atoms with van der Waals surface area (Å²) < 4.78 is 4.86. The number of nitrogens with two attached hydrogens (primary N) is 1. The Morgan fingerprint density at radius 3 is 2.16 bits per heavy atom. The van der Waals surface area contributed by atoms with Gasteiger partial charge in [0, 0.05) is 10.6 Å². The average molecular weight is 386 g/mol. The molecule has 0 aromatic heterocycles. The van der Waals surface area contributed by atoms with E-state index >= 15 is 0 Å². The summed E-state index contributed by atoms with van der Waals surface area (Å²) in [6.45, 7) is -0.415. The van der Waals surface area contributed by atoms with Crippen LogP contribution in [0.25, 0.3) is 0 Å². The van der Waals surface area contributed by atoms with Crippen LogP contribution in [0.3, 0.4) is 0 Å². The molecular formula is C17H21Cl2N3O3. The van der Waals surface area contributed by atoms with Crippen LogP contribution in [0.5, 0.6) is 5.75 Å². The minimum atomic E-state index is -1.05. The second-order valence-electron chi connectivity index (χ2n) is 4.54. The minimum absolute atomic E-state index is 0.121. The van der Waals surface area contributed by atoms with Crippen molar-refractivity contribution < 1.29 is 14.6 Å². The van der Waals surface area contributed by atoms with Gasteiger partial charge in [-0.2, -0.15) is 0 Å². The van der Waals surface area contributed by atoms with Gasteiger partial charge in [0.1, 0.15) is 11.6 Å². The molecule has 2 aromatic rings. The number of aliphatic carboxylic acids is 1. The van der Waals surface area contributed by atoms with E-state index in [1.54, 1.807) is 6.07 Å². The smallest absolute Gasteiger partial charge is 0.341 e. The Morgan fingerprint density at radius 1 is 1.20 bits per heavy atom. The van der Waals surface area contributed by atoms with Crippen molar-refractivity contribution in [3.05, 3.63) is 64.1 Å². The van der Waals surface area contributed by atoms with Gasteiger partial charge in [-0.05, 0) is 32.3 Å². The zero-order valence-electron chi connectivity index (χ0n) is 13.9. The molecule has 0 amide bonds. The number of carboxylic acids is 1. The quantitative estimate of drug-likeness (QED) is 0.477. The Balaban J connectivity index is 0.000000417. The van der Waals surface area contributed by atoms with Gasteiger partial charge in [-0.15, -0.1) is 0 Å². The summed E-state index contributed by atoms with van der Waals surface area (Å²) in [7, 11) is 3.75. The Morgan fingerprint density at radius 2 is 1.76 bits per heavy atom. The predicted octanol–water partition coefficient (Wildman–Crippen LogP) is 3.26. The van der Waals surface area contributed by atoms with Crippen molar-refractivity contribution in [2.45, 2.75) is 0 Å². The summed E-state index contributed by atoms with van der Waals surface area (Å²) in [5, 5.41) is 18.9. The van der Waals surface area contributed by atoms with E-state index in [1.807, 2.05) is 44.4 Å². The number of nitrogen functional groups attached to an aromatic ring is 1. The van der Waals surface area contributed by atoms with Gasteiger partial charge in [0.05, 0.1) is 5.02 Å². The number of carboxylic acid groups (broad SMARTS) is 1. The number of carbonyl (C=O) groups is 1. The Labute approximate surface area is 157 Å². The number of hydrogen-bond donors (Lipinski definition) is 4. The van der Waals surface area contributed by atoms with Crippen LogP contribution in [-0.2, 0) is 4.79 Å². The maximum Gasteiger partial charge on any atom is 0.341 e. The van der Waals surface area contributed by atoms with Crippen LogP contribution >= 0.6 is 23.2 Å². The number of nitrogens with one attached hydrogen (secondary N) is 2. The monoisotopic (exact) mass is 385 g/mol. The molecular weight excluding hydrogens is 365 g/mol. The molecule has 0 unspecified atom stereocenters. The average Bonchev–Trinajstić information content (AvgIpc) is 2.56. The highest BCUT2D eigenvalue weighted by Crippen LogP contribution is 2.27. The molecule has 5 N–H and O–H groups in total. The highest BCUT2D eigenvalue weighted by atomic mass is 35.5. The van der Waals surface area contributed by atoms with E-state index in [9.17, 15) is 4.79 Å². The van der Waals surface area contributed by atoms with Crippen molar-refractivity contribution in [2.75, 3.05) is 20.7 Å². The molecule has 0 aliphatic heterocycles. The lowest BCUT2D eigenvalue weighted by Crippen LogP contribution is -2.10. The van der Waals surface area contributed by atoms with E-state index < -0.39 is 12.6 Å². The van der Waals surface area contributed by atoms with Crippen LogP contribution in [0.2, 0.25) is 10.0 Å². The van der Waals surface area contributed by atoms with Gasteiger partial charge in [0.2, 0.25) is 0 Å². The van der Waals surface area contributed by atoms with Gasteiger partial charge in [-0.1, -0.05) is 53.5 Å². The van der Waals surface area contributed by atoms with Gasteiger partial charge in [0.25, 0.3) is 0 Å². The number of halogens is 2. The third kappa shape index (κ3) is 11.0. The Hall–Kier alpha value is -2.28. The summed E-state index contributed by atoms with van der Waals surface area (Å²) in [4.78, 5) is 10.2. The molecule has 8 heteroatoms. The van der Waals surface area contributed by atoms with Crippen molar-refractivity contribution in [1.29, 1.82) is 5.41 Å². The minimum Gasteiger partial charge on any atom is -0.480 e. The van der Waals surface area contributed by atoms with Crippen molar-refractivity contribution in [1.82, 2.24) is 5.32 Å². The summed E-state index contributed by atoms with van der Waals surface area (Å²) in [5.74, 6) is -0.616. The molecule has 0 fully saturated rings. The van der Waals surface area contributed by atoms with Crippen LogP contribution < -0.4 is 15.8 Å². The number of hydrogen-bond acceptors (Lipinski definition) is 4. The summed E-state index contributed by atoms with van der Waals surface area (Å²) in [6.07, 6.45) is 0. The lowest BCUT2D eigenvalue weighted by Gasteiger charge is -2.04. The number of ether oxygens (including phenoxy) is 1. The van der Waals surface area contributed by atoms with E-state index in [0.29, 0.717) is 15.8 Å². The first-order chi connectivity index (χ1) is 11.8. The Bertz CT molecular complexity index is 667. The molecule has 0 saturated heterocycles. The third-order valence-electron chi connectivity index (χ3n) is 2.33. The lowest BCUT2D eigenvalue weighted by molar-refractivity contribution is -0.139. The fourth-order valence-electron chi connectivity index (χ4n) is 1.35. The highest BCUT2D eigenvalue weighted by Gasteiger charge is 2.04. The van der Waals surface area contributed by atoms with Crippen molar-refractivity contribution in [3.63, 3.8) is 0 Å². The SMILES string of the molecule is CNC.N=C(N)c1ccccc1.O=C(O)COc1ccc(Cl)cc1Cl.